The third kappa shape index (κ3) is 3.46. The van der Waals surface area contributed by atoms with E-state index in [0.717, 1.165) is 3.57 Å². The van der Waals surface area contributed by atoms with Gasteiger partial charge in [-0.2, -0.15) is 4.31 Å². The Kier molecular flexibility index (Phi) is 4.46. The fraction of sp³-hybridized carbons (Fsp3) is 0.417. The van der Waals surface area contributed by atoms with E-state index in [-0.39, 0.29) is 5.91 Å². The van der Waals surface area contributed by atoms with Crippen LogP contribution >= 0.6 is 22.6 Å². The van der Waals surface area contributed by atoms with Crippen molar-refractivity contribution >= 4 is 38.5 Å². The molecular formula is C12H15IN2O3S. The molecule has 0 aromatic heterocycles. The van der Waals surface area contributed by atoms with Gasteiger partial charge in [-0.25, -0.2) is 8.42 Å². The van der Waals surface area contributed by atoms with Gasteiger partial charge in [0.2, 0.25) is 10.0 Å². The first-order chi connectivity index (χ1) is 8.89. The molecule has 2 rings (SSSR count). The van der Waals surface area contributed by atoms with Gasteiger partial charge in [0, 0.05) is 29.7 Å². The van der Waals surface area contributed by atoms with Crippen LogP contribution in [0.1, 0.15) is 10.4 Å². The quantitative estimate of drug-likeness (QED) is 0.704. The summed E-state index contributed by atoms with van der Waals surface area (Å²) in [5.74, 6) is -0.0295. The maximum Gasteiger partial charge on any atom is 0.255 e. The average Bonchev–Trinajstić information content (AvgIpc) is 2.38. The van der Waals surface area contributed by atoms with Crippen LogP contribution < -0.4 is 0 Å². The van der Waals surface area contributed by atoms with Gasteiger partial charge in [-0.3, -0.25) is 4.79 Å². The molecule has 0 atom stereocenters. The zero-order chi connectivity index (χ0) is 14.0. The maximum atomic E-state index is 12.3. The SMILES string of the molecule is CS(=O)(=O)N1CCN(C(=O)c2ccccc2I)CC1. The molecule has 1 aliphatic rings. The minimum Gasteiger partial charge on any atom is -0.336 e. The number of benzene rings is 1. The summed E-state index contributed by atoms with van der Waals surface area (Å²) >= 11 is 2.13. The van der Waals surface area contributed by atoms with Gasteiger partial charge in [0.05, 0.1) is 11.8 Å². The molecule has 0 radical (unpaired) electrons. The number of amides is 1. The molecule has 19 heavy (non-hydrogen) atoms. The molecule has 1 fully saturated rings. The average molecular weight is 394 g/mol. The molecule has 0 spiro atoms. The van der Waals surface area contributed by atoms with Crippen molar-refractivity contribution in [2.24, 2.45) is 0 Å². The number of hydrogen-bond donors (Lipinski definition) is 0. The second-order valence-corrected chi connectivity index (χ2v) is 7.58. The number of nitrogens with zero attached hydrogens (tertiary/aromatic N) is 2. The fourth-order valence-electron chi connectivity index (χ4n) is 2.03. The van der Waals surface area contributed by atoms with Crippen LogP contribution in [0.4, 0.5) is 0 Å². The molecule has 0 saturated carbocycles. The molecule has 1 aromatic rings. The first-order valence-corrected chi connectivity index (χ1v) is 8.81. The Bertz CT molecular complexity index is 580. The normalized spacial score (nSPS) is 17.5. The van der Waals surface area contributed by atoms with Crippen molar-refractivity contribution in [3.05, 3.63) is 33.4 Å². The van der Waals surface area contributed by atoms with Crippen molar-refractivity contribution in [2.45, 2.75) is 0 Å². The maximum absolute atomic E-state index is 12.3. The lowest BCUT2D eigenvalue weighted by atomic mass is 10.2. The lowest BCUT2D eigenvalue weighted by Crippen LogP contribution is -2.50. The monoisotopic (exact) mass is 394 g/mol. The predicted molar refractivity (Wildman–Crippen MR) is 81.5 cm³/mol. The lowest BCUT2D eigenvalue weighted by Gasteiger charge is -2.33. The van der Waals surface area contributed by atoms with Crippen molar-refractivity contribution < 1.29 is 13.2 Å². The molecule has 0 aliphatic carbocycles. The Labute approximate surface area is 126 Å². The predicted octanol–water partition coefficient (Wildman–Crippen LogP) is 1.01. The number of sulfonamides is 1. The molecule has 104 valence electrons. The largest absolute Gasteiger partial charge is 0.336 e. The first kappa shape index (κ1) is 14.7. The summed E-state index contributed by atoms with van der Waals surface area (Å²) in [5.41, 5.74) is 0.677. The van der Waals surface area contributed by atoms with Gasteiger partial charge >= 0.3 is 0 Å². The van der Waals surface area contributed by atoms with Crippen molar-refractivity contribution in [2.75, 3.05) is 32.4 Å². The molecular weight excluding hydrogens is 379 g/mol. The van der Waals surface area contributed by atoms with Gasteiger partial charge in [0.25, 0.3) is 5.91 Å². The Balaban J connectivity index is 2.07. The summed E-state index contributed by atoms with van der Waals surface area (Å²) in [6.45, 7) is 1.62. The van der Waals surface area contributed by atoms with E-state index < -0.39 is 10.0 Å². The zero-order valence-electron chi connectivity index (χ0n) is 10.5. The summed E-state index contributed by atoms with van der Waals surface area (Å²) in [7, 11) is -3.15. The summed E-state index contributed by atoms with van der Waals surface area (Å²) in [5, 5.41) is 0. The molecule has 5 nitrogen and oxygen atoms in total. The van der Waals surface area contributed by atoms with Gasteiger partial charge in [-0.1, -0.05) is 12.1 Å². The molecule has 0 N–H and O–H groups in total. The Hall–Kier alpha value is -0.670. The standard InChI is InChI=1S/C12H15IN2O3S/c1-19(17,18)15-8-6-14(7-9-15)12(16)10-4-2-3-5-11(10)13/h2-5H,6-9H2,1H3. The van der Waals surface area contributed by atoms with E-state index in [1.807, 2.05) is 18.2 Å². The number of carbonyl (C=O) groups excluding carboxylic acids is 1. The van der Waals surface area contributed by atoms with Gasteiger partial charge in [-0.15, -0.1) is 0 Å². The summed E-state index contributed by atoms with van der Waals surface area (Å²) in [6, 6.07) is 7.41. The minimum absolute atomic E-state index is 0.0295. The first-order valence-electron chi connectivity index (χ1n) is 5.88. The van der Waals surface area contributed by atoms with Crippen LogP contribution in [-0.4, -0.2) is 56.0 Å². The van der Waals surface area contributed by atoms with E-state index in [1.165, 1.54) is 10.6 Å². The Morgan fingerprint density at radius 1 is 1.16 bits per heavy atom. The smallest absolute Gasteiger partial charge is 0.255 e. The van der Waals surface area contributed by atoms with Crippen LogP contribution in [0.3, 0.4) is 0 Å². The molecule has 1 aliphatic heterocycles. The van der Waals surface area contributed by atoms with E-state index in [1.54, 1.807) is 11.0 Å². The number of halogens is 1. The number of carbonyl (C=O) groups is 1. The Morgan fingerprint density at radius 3 is 2.26 bits per heavy atom. The zero-order valence-corrected chi connectivity index (χ0v) is 13.5. The second kappa shape index (κ2) is 5.76. The summed E-state index contributed by atoms with van der Waals surface area (Å²) < 4.78 is 25.1. The molecule has 0 bridgehead atoms. The highest BCUT2D eigenvalue weighted by Gasteiger charge is 2.27. The van der Waals surface area contributed by atoms with Crippen molar-refractivity contribution in [1.29, 1.82) is 0 Å². The van der Waals surface area contributed by atoms with Crippen LogP contribution in [0.2, 0.25) is 0 Å². The second-order valence-electron chi connectivity index (χ2n) is 4.43. The van der Waals surface area contributed by atoms with Crippen molar-refractivity contribution in [1.82, 2.24) is 9.21 Å². The molecule has 7 heteroatoms. The highest BCUT2D eigenvalue weighted by molar-refractivity contribution is 14.1. The van der Waals surface area contributed by atoms with Crippen LogP contribution in [-0.2, 0) is 10.0 Å². The highest BCUT2D eigenvalue weighted by Crippen LogP contribution is 2.16. The van der Waals surface area contributed by atoms with Crippen molar-refractivity contribution in [3.63, 3.8) is 0 Å². The lowest BCUT2D eigenvalue weighted by molar-refractivity contribution is 0.0697. The van der Waals surface area contributed by atoms with Gasteiger partial charge in [0.15, 0.2) is 0 Å². The van der Waals surface area contributed by atoms with E-state index in [4.69, 9.17) is 0 Å². The van der Waals surface area contributed by atoms with Crippen LogP contribution in [0.5, 0.6) is 0 Å². The minimum atomic E-state index is -3.15. The van der Waals surface area contributed by atoms with Gasteiger partial charge < -0.3 is 4.90 Å². The van der Waals surface area contributed by atoms with E-state index in [9.17, 15) is 13.2 Å². The molecule has 1 amide bonds. The van der Waals surface area contributed by atoms with Gasteiger partial charge in [0.1, 0.15) is 0 Å². The van der Waals surface area contributed by atoms with Crippen LogP contribution in [0.25, 0.3) is 0 Å². The van der Waals surface area contributed by atoms with E-state index in [2.05, 4.69) is 22.6 Å². The third-order valence-electron chi connectivity index (χ3n) is 3.10. The van der Waals surface area contributed by atoms with Gasteiger partial charge in [-0.05, 0) is 34.7 Å². The Morgan fingerprint density at radius 2 is 1.74 bits per heavy atom. The van der Waals surface area contributed by atoms with E-state index in [0.29, 0.717) is 31.7 Å². The number of hydrogen-bond acceptors (Lipinski definition) is 3. The number of piperazine rings is 1. The topological polar surface area (TPSA) is 57.7 Å². The third-order valence-corrected chi connectivity index (χ3v) is 5.34. The molecule has 1 heterocycles. The molecule has 1 aromatic carbocycles. The summed E-state index contributed by atoms with van der Waals surface area (Å²) in [6.07, 6.45) is 1.20. The molecule has 1 saturated heterocycles. The molecule has 0 unspecified atom stereocenters. The highest BCUT2D eigenvalue weighted by atomic mass is 127. The number of rotatable bonds is 2. The van der Waals surface area contributed by atoms with E-state index >= 15 is 0 Å². The summed E-state index contributed by atoms with van der Waals surface area (Å²) in [4.78, 5) is 14.0. The van der Waals surface area contributed by atoms with Crippen LogP contribution in [0.15, 0.2) is 24.3 Å². The fourth-order valence-corrected chi connectivity index (χ4v) is 3.47. The van der Waals surface area contributed by atoms with Crippen LogP contribution in [0, 0.1) is 3.57 Å². The van der Waals surface area contributed by atoms with Crippen molar-refractivity contribution in [3.8, 4) is 0 Å².